The summed E-state index contributed by atoms with van der Waals surface area (Å²) in [7, 11) is 0. The summed E-state index contributed by atoms with van der Waals surface area (Å²) in [6, 6.07) is 9.62. The molecule has 0 radical (unpaired) electrons. The van der Waals surface area contributed by atoms with E-state index in [2.05, 4.69) is 42.0 Å². The molecule has 3 amide bonds. The molecular weight excluding hydrogens is 390 g/mol. The lowest BCUT2D eigenvalue weighted by Crippen LogP contribution is -2.49. The minimum absolute atomic E-state index is 0.0334. The highest BCUT2D eigenvalue weighted by Gasteiger charge is 2.34. The molecule has 1 N–H and O–H groups in total. The first-order chi connectivity index (χ1) is 14.8. The maximum absolute atomic E-state index is 13.0. The molecule has 0 bridgehead atoms. The van der Waals surface area contributed by atoms with Crippen LogP contribution in [0, 0.1) is 19.8 Å². The number of piperazine rings is 1. The van der Waals surface area contributed by atoms with Crippen LogP contribution in [-0.4, -0.2) is 60.6 Å². The Balaban J connectivity index is 1.41. The Labute approximate surface area is 184 Å². The van der Waals surface area contributed by atoms with Crippen LogP contribution in [0.3, 0.4) is 0 Å². The number of aromatic nitrogens is 1. The van der Waals surface area contributed by atoms with Gasteiger partial charge in [-0.15, -0.1) is 0 Å². The van der Waals surface area contributed by atoms with Crippen LogP contribution in [-0.2, 0) is 0 Å². The van der Waals surface area contributed by atoms with Crippen molar-refractivity contribution in [2.24, 2.45) is 5.92 Å². The summed E-state index contributed by atoms with van der Waals surface area (Å²) in [6.45, 7) is 11.9. The number of nitrogens with zero attached hydrogens (tertiary/aromatic N) is 4. The molecule has 2 aliphatic heterocycles. The highest BCUT2D eigenvalue weighted by molar-refractivity contribution is 5.97. The zero-order chi connectivity index (χ0) is 22.1. The second-order valence-corrected chi connectivity index (χ2v) is 8.85. The zero-order valence-electron chi connectivity index (χ0n) is 18.8. The van der Waals surface area contributed by atoms with Crippen LogP contribution in [0.25, 0.3) is 0 Å². The molecule has 3 heterocycles. The summed E-state index contributed by atoms with van der Waals surface area (Å²) in [5.41, 5.74) is 3.81. The zero-order valence-corrected chi connectivity index (χ0v) is 18.8. The van der Waals surface area contributed by atoms with Crippen molar-refractivity contribution in [3.8, 4) is 0 Å². The van der Waals surface area contributed by atoms with E-state index in [-0.39, 0.29) is 18.0 Å². The number of anilines is 2. The predicted molar refractivity (Wildman–Crippen MR) is 123 cm³/mol. The van der Waals surface area contributed by atoms with Crippen LogP contribution in [0.4, 0.5) is 16.3 Å². The number of benzene rings is 1. The molecule has 7 heteroatoms. The van der Waals surface area contributed by atoms with Gasteiger partial charge in [0.1, 0.15) is 5.82 Å². The average Bonchev–Trinajstić information content (AvgIpc) is 3.15. The van der Waals surface area contributed by atoms with E-state index in [1.54, 1.807) is 4.90 Å². The van der Waals surface area contributed by atoms with E-state index in [0.29, 0.717) is 31.1 Å². The lowest BCUT2D eigenvalue weighted by Gasteiger charge is -2.36. The topological polar surface area (TPSA) is 68.8 Å². The van der Waals surface area contributed by atoms with Crippen LogP contribution in [0.1, 0.15) is 35.3 Å². The molecule has 31 heavy (non-hydrogen) atoms. The number of urea groups is 1. The van der Waals surface area contributed by atoms with Gasteiger partial charge in [0.05, 0.1) is 6.04 Å². The lowest BCUT2D eigenvalue weighted by molar-refractivity contribution is 0.0746. The molecule has 1 unspecified atom stereocenters. The van der Waals surface area contributed by atoms with Gasteiger partial charge in [0, 0.05) is 50.2 Å². The van der Waals surface area contributed by atoms with Gasteiger partial charge in [-0.05, 0) is 55.2 Å². The smallest absolute Gasteiger partial charge is 0.322 e. The van der Waals surface area contributed by atoms with E-state index >= 15 is 0 Å². The molecule has 1 aromatic carbocycles. The summed E-state index contributed by atoms with van der Waals surface area (Å²) in [5.74, 6) is 1.39. The molecule has 2 aliphatic rings. The number of aryl methyl sites for hydroxylation is 2. The molecule has 2 aromatic rings. The number of carbonyl (C=O) groups is 2. The van der Waals surface area contributed by atoms with Crippen molar-refractivity contribution in [3.05, 3.63) is 53.2 Å². The van der Waals surface area contributed by atoms with Crippen molar-refractivity contribution in [2.45, 2.75) is 33.7 Å². The van der Waals surface area contributed by atoms with Crippen LogP contribution < -0.4 is 15.1 Å². The number of hydrogen-bond acceptors (Lipinski definition) is 4. The van der Waals surface area contributed by atoms with Gasteiger partial charge in [-0.1, -0.05) is 19.9 Å². The first-order valence-electron chi connectivity index (χ1n) is 11.0. The predicted octanol–water partition coefficient (Wildman–Crippen LogP) is 3.22. The number of rotatable bonds is 4. The standard InChI is InChI=1S/C24H31N5O2/c1-16(2)21-15-26-24(31)29(21)20-7-5-19(6-8-20)23(30)28-11-9-27(10-12-28)22-18(4)13-17(3)14-25-22/h5-8,13-14,16,21H,9-12,15H2,1-4H3,(H,26,31). The Morgan fingerprint density at radius 1 is 1.10 bits per heavy atom. The SMILES string of the molecule is Cc1cnc(N2CCN(C(=O)c3ccc(N4C(=O)NCC4C(C)C)cc3)CC2)c(C)c1. The van der Waals surface area contributed by atoms with Gasteiger partial charge in [-0.2, -0.15) is 0 Å². The van der Waals surface area contributed by atoms with Crippen molar-refractivity contribution in [2.75, 3.05) is 42.5 Å². The molecule has 0 saturated carbocycles. The molecule has 0 aliphatic carbocycles. The maximum atomic E-state index is 13.0. The van der Waals surface area contributed by atoms with Crippen LogP contribution in [0.15, 0.2) is 36.5 Å². The number of nitrogens with one attached hydrogen (secondary N) is 1. The molecule has 2 saturated heterocycles. The van der Waals surface area contributed by atoms with E-state index < -0.39 is 0 Å². The summed E-state index contributed by atoms with van der Waals surface area (Å²) in [5, 5.41) is 2.92. The highest BCUT2D eigenvalue weighted by Crippen LogP contribution is 2.26. The number of pyridine rings is 1. The fourth-order valence-electron chi connectivity index (χ4n) is 4.47. The molecule has 1 aromatic heterocycles. The second-order valence-electron chi connectivity index (χ2n) is 8.85. The second kappa shape index (κ2) is 8.57. The van der Waals surface area contributed by atoms with Gasteiger partial charge in [0.2, 0.25) is 0 Å². The monoisotopic (exact) mass is 421 g/mol. The first-order valence-corrected chi connectivity index (χ1v) is 11.0. The molecule has 7 nitrogen and oxygen atoms in total. The Morgan fingerprint density at radius 3 is 2.39 bits per heavy atom. The number of hydrogen-bond donors (Lipinski definition) is 1. The molecule has 164 valence electrons. The normalized spacial score (nSPS) is 19.2. The third-order valence-corrected chi connectivity index (χ3v) is 6.23. The van der Waals surface area contributed by atoms with E-state index in [0.717, 1.165) is 30.2 Å². The summed E-state index contributed by atoms with van der Waals surface area (Å²) >= 11 is 0. The third-order valence-electron chi connectivity index (χ3n) is 6.23. The van der Waals surface area contributed by atoms with Crippen molar-refractivity contribution in [1.82, 2.24) is 15.2 Å². The van der Waals surface area contributed by atoms with Gasteiger partial charge in [-0.25, -0.2) is 9.78 Å². The van der Waals surface area contributed by atoms with Gasteiger partial charge in [0.25, 0.3) is 5.91 Å². The van der Waals surface area contributed by atoms with Crippen molar-refractivity contribution < 1.29 is 9.59 Å². The lowest BCUT2D eigenvalue weighted by atomic mass is 10.0. The largest absolute Gasteiger partial charge is 0.353 e. The Bertz CT molecular complexity index is 964. The van der Waals surface area contributed by atoms with Gasteiger partial charge >= 0.3 is 6.03 Å². The average molecular weight is 422 g/mol. The first kappa shape index (κ1) is 21.2. The van der Waals surface area contributed by atoms with Crippen LogP contribution >= 0.6 is 0 Å². The number of amides is 3. The molecule has 0 spiro atoms. The quantitative estimate of drug-likeness (QED) is 0.823. The maximum Gasteiger partial charge on any atom is 0.322 e. The summed E-state index contributed by atoms with van der Waals surface area (Å²) < 4.78 is 0. The molecular formula is C24H31N5O2. The van der Waals surface area contributed by atoms with Crippen LogP contribution in [0.5, 0.6) is 0 Å². The summed E-state index contributed by atoms with van der Waals surface area (Å²) in [4.78, 5) is 35.8. The fraction of sp³-hybridized carbons (Fsp3) is 0.458. The highest BCUT2D eigenvalue weighted by atomic mass is 16.2. The van der Waals surface area contributed by atoms with E-state index in [1.165, 1.54) is 5.56 Å². The summed E-state index contributed by atoms with van der Waals surface area (Å²) in [6.07, 6.45) is 1.89. The van der Waals surface area contributed by atoms with Crippen LogP contribution in [0.2, 0.25) is 0 Å². The van der Waals surface area contributed by atoms with Crippen molar-refractivity contribution in [3.63, 3.8) is 0 Å². The van der Waals surface area contributed by atoms with Gasteiger partial charge in [0.15, 0.2) is 0 Å². The van der Waals surface area contributed by atoms with Gasteiger partial charge in [-0.3, -0.25) is 9.69 Å². The van der Waals surface area contributed by atoms with E-state index in [9.17, 15) is 9.59 Å². The van der Waals surface area contributed by atoms with Gasteiger partial charge < -0.3 is 15.1 Å². The van der Waals surface area contributed by atoms with E-state index in [4.69, 9.17) is 0 Å². The third kappa shape index (κ3) is 4.22. The Kier molecular flexibility index (Phi) is 5.85. The minimum Gasteiger partial charge on any atom is -0.353 e. The Morgan fingerprint density at radius 2 is 1.77 bits per heavy atom. The fourth-order valence-corrected chi connectivity index (χ4v) is 4.47. The van der Waals surface area contributed by atoms with Crippen molar-refractivity contribution >= 4 is 23.4 Å². The minimum atomic E-state index is -0.0751. The Hall–Kier alpha value is -3.09. The number of carbonyl (C=O) groups excluding carboxylic acids is 2. The molecule has 4 rings (SSSR count). The molecule has 1 atom stereocenters. The van der Waals surface area contributed by atoms with Crippen molar-refractivity contribution in [1.29, 1.82) is 0 Å². The molecule has 2 fully saturated rings. The van der Waals surface area contributed by atoms with E-state index in [1.807, 2.05) is 42.3 Å².